The molecule has 27 heavy (non-hydrogen) atoms. The van der Waals surface area contributed by atoms with Crippen LogP contribution < -0.4 is 5.73 Å². The van der Waals surface area contributed by atoms with Gasteiger partial charge in [-0.05, 0) is 39.0 Å². The summed E-state index contributed by atoms with van der Waals surface area (Å²) < 4.78 is 4.51. The van der Waals surface area contributed by atoms with Gasteiger partial charge in [-0.3, -0.25) is 9.59 Å². The van der Waals surface area contributed by atoms with Crippen LogP contribution in [0.4, 0.5) is 0 Å². The van der Waals surface area contributed by atoms with E-state index in [-0.39, 0.29) is 6.54 Å². The molecule has 0 amide bonds. The van der Waals surface area contributed by atoms with Gasteiger partial charge in [0.1, 0.15) is 0 Å². The molecule has 4 heteroatoms. The van der Waals surface area contributed by atoms with Crippen LogP contribution in [0.3, 0.4) is 0 Å². The van der Waals surface area contributed by atoms with E-state index in [4.69, 9.17) is 5.73 Å². The average Bonchev–Trinajstić information content (AvgIpc) is 2.65. The van der Waals surface area contributed by atoms with Crippen molar-refractivity contribution in [2.75, 3.05) is 6.54 Å². The van der Waals surface area contributed by atoms with Gasteiger partial charge in [-0.25, -0.2) is 0 Å². The molecule has 0 aliphatic rings. The standard InChI is InChI=1S/C20H37NO3.C3H6/c1-2-3-4-5-6-7-8-9-10-11-12-13-14-15-16-17-19(22)24-20(23)18-21;1-3-2/h9-10H,2-8,11-18,21H2,1H3;3H,1H2,2H3/b10-9-;. The molecule has 0 saturated carbocycles. The van der Waals surface area contributed by atoms with Crippen molar-refractivity contribution in [1.29, 1.82) is 0 Å². The molecule has 0 aliphatic carbocycles. The van der Waals surface area contributed by atoms with E-state index < -0.39 is 11.9 Å². The Kier molecular flexibility index (Phi) is 25.3. The number of carbonyl (C=O) groups excluding carboxylic acids is 2. The second-order valence-corrected chi connectivity index (χ2v) is 6.79. The molecule has 0 rings (SSSR count). The van der Waals surface area contributed by atoms with Crippen molar-refractivity contribution in [3.05, 3.63) is 24.8 Å². The molecule has 0 unspecified atom stereocenters. The highest BCUT2D eigenvalue weighted by atomic mass is 16.6. The molecule has 0 saturated heterocycles. The first kappa shape index (κ1) is 27.8. The summed E-state index contributed by atoms with van der Waals surface area (Å²) in [5.74, 6) is -1.10. The molecular formula is C23H43NO3. The first-order valence-electron chi connectivity index (χ1n) is 10.8. The van der Waals surface area contributed by atoms with Crippen LogP contribution in [0.1, 0.15) is 104 Å². The van der Waals surface area contributed by atoms with Crippen LogP contribution in [0.25, 0.3) is 0 Å². The molecule has 0 atom stereocenters. The Bertz CT molecular complexity index is 378. The normalized spacial score (nSPS) is 10.3. The first-order valence-corrected chi connectivity index (χ1v) is 10.8. The van der Waals surface area contributed by atoms with Crippen LogP contribution in [0.5, 0.6) is 0 Å². The van der Waals surface area contributed by atoms with Crippen LogP contribution in [0.2, 0.25) is 0 Å². The minimum Gasteiger partial charge on any atom is -0.392 e. The van der Waals surface area contributed by atoms with Gasteiger partial charge in [0.15, 0.2) is 0 Å². The van der Waals surface area contributed by atoms with Gasteiger partial charge in [-0.15, -0.1) is 6.58 Å². The summed E-state index contributed by atoms with van der Waals surface area (Å²) in [7, 11) is 0. The highest BCUT2D eigenvalue weighted by Gasteiger charge is 2.07. The number of carbonyl (C=O) groups is 2. The molecule has 0 bridgehead atoms. The van der Waals surface area contributed by atoms with Crippen molar-refractivity contribution in [2.24, 2.45) is 5.73 Å². The van der Waals surface area contributed by atoms with Gasteiger partial charge in [0, 0.05) is 6.42 Å². The zero-order valence-corrected chi connectivity index (χ0v) is 17.8. The molecule has 0 aromatic carbocycles. The van der Waals surface area contributed by atoms with Crippen LogP contribution in [0.15, 0.2) is 24.8 Å². The lowest BCUT2D eigenvalue weighted by atomic mass is 10.1. The highest BCUT2D eigenvalue weighted by molar-refractivity contribution is 5.86. The highest BCUT2D eigenvalue weighted by Crippen LogP contribution is 2.10. The Balaban J connectivity index is 0. The minimum absolute atomic E-state index is 0.238. The SMILES string of the molecule is C=CC.CCCCCCCC/C=C\CCCCCCCC(=O)OC(=O)CN. The third-order valence-electron chi connectivity index (χ3n) is 4.04. The summed E-state index contributed by atoms with van der Waals surface area (Å²) >= 11 is 0. The molecule has 0 fully saturated rings. The van der Waals surface area contributed by atoms with Gasteiger partial charge in [-0.1, -0.05) is 76.5 Å². The third kappa shape index (κ3) is 26.9. The lowest BCUT2D eigenvalue weighted by Crippen LogP contribution is -2.20. The maximum atomic E-state index is 11.2. The van der Waals surface area contributed by atoms with Crippen molar-refractivity contribution < 1.29 is 14.3 Å². The molecule has 0 radical (unpaired) electrons. The van der Waals surface area contributed by atoms with Crippen LogP contribution in [-0.4, -0.2) is 18.5 Å². The maximum absolute atomic E-state index is 11.2. The third-order valence-corrected chi connectivity index (χ3v) is 4.04. The summed E-state index contributed by atoms with van der Waals surface area (Å²) in [4.78, 5) is 22.0. The smallest absolute Gasteiger partial charge is 0.327 e. The second kappa shape index (κ2) is 24.6. The van der Waals surface area contributed by atoms with E-state index in [0.717, 1.165) is 25.7 Å². The number of hydrogen-bond donors (Lipinski definition) is 1. The fourth-order valence-corrected chi connectivity index (χ4v) is 2.56. The predicted molar refractivity (Wildman–Crippen MR) is 115 cm³/mol. The van der Waals surface area contributed by atoms with Gasteiger partial charge >= 0.3 is 11.9 Å². The molecule has 0 aromatic rings. The average molecular weight is 382 g/mol. The topological polar surface area (TPSA) is 69.4 Å². The zero-order valence-electron chi connectivity index (χ0n) is 17.8. The zero-order chi connectivity index (χ0) is 20.6. The number of nitrogens with two attached hydrogens (primary N) is 1. The molecule has 158 valence electrons. The van der Waals surface area contributed by atoms with Crippen molar-refractivity contribution >= 4 is 11.9 Å². The molecule has 2 N–H and O–H groups in total. The lowest BCUT2D eigenvalue weighted by molar-refractivity contribution is -0.158. The Hall–Kier alpha value is -1.42. The van der Waals surface area contributed by atoms with Gasteiger partial charge in [0.2, 0.25) is 0 Å². The number of ether oxygens (including phenoxy) is 1. The van der Waals surface area contributed by atoms with Crippen molar-refractivity contribution in [1.82, 2.24) is 0 Å². The Morgan fingerprint density at radius 3 is 1.74 bits per heavy atom. The Labute approximate surface area is 167 Å². The van der Waals surface area contributed by atoms with Crippen molar-refractivity contribution in [3.8, 4) is 0 Å². The lowest BCUT2D eigenvalue weighted by Gasteiger charge is -2.01. The molecule has 4 nitrogen and oxygen atoms in total. The summed E-state index contributed by atoms with van der Waals surface area (Å²) in [6, 6.07) is 0. The summed E-state index contributed by atoms with van der Waals surface area (Å²) in [6.07, 6.45) is 22.5. The van der Waals surface area contributed by atoms with E-state index in [1.807, 2.05) is 6.92 Å². The van der Waals surface area contributed by atoms with Crippen LogP contribution >= 0.6 is 0 Å². The Morgan fingerprint density at radius 2 is 1.26 bits per heavy atom. The van der Waals surface area contributed by atoms with Crippen molar-refractivity contribution in [3.63, 3.8) is 0 Å². The van der Waals surface area contributed by atoms with E-state index in [2.05, 4.69) is 30.4 Å². The minimum atomic E-state index is -0.646. The number of unbranched alkanes of at least 4 members (excludes halogenated alkanes) is 11. The second-order valence-electron chi connectivity index (χ2n) is 6.79. The summed E-state index contributed by atoms with van der Waals surface area (Å²) in [6.45, 7) is 7.26. The summed E-state index contributed by atoms with van der Waals surface area (Å²) in [5.41, 5.74) is 5.07. The molecular weight excluding hydrogens is 338 g/mol. The van der Waals surface area contributed by atoms with E-state index in [0.29, 0.717) is 6.42 Å². The van der Waals surface area contributed by atoms with Crippen LogP contribution in [-0.2, 0) is 14.3 Å². The first-order chi connectivity index (χ1) is 13.1. The Morgan fingerprint density at radius 1 is 0.815 bits per heavy atom. The van der Waals surface area contributed by atoms with E-state index in [1.54, 1.807) is 6.08 Å². The number of hydrogen-bond acceptors (Lipinski definition) is 4. The maximum Gasteiger partial charge on any atom is 0.327 e. The van der Waals surface area contributed by atoms with E-state index in [1.165, 1.54) is 57.8 Å². The quantitative estimate of drug-likeness (QED) is 0.149. The summed E-state index contributed by atoms with van der Waals surface area (Å²) in [5, 5.41) is 0. The van der Waals surface area contributed by atoms with E-state index in [9.17, 15) is 9.59 Å². The van der Waals surface area contributed by atoms with Gasteiger partial charge in [-0.2, -0.15) is 0 Å². The monoisotopic (exact) mass is 381 g/mol. The largest absolute Gasteiger partial charge is 0.392 e. The molecule has 0 aliphatic heterocycles. The molecule has 0 spiro atoms. The van der Waals surface area contributed by atoms with Crippen molar-refractivity contribution in [2.45, 2.75) is 104 Å². The van der Waals surface area contributed by atoms with Gasteiger partial charge in [0.25, 0.3) is 0 Å². The fourth-order valence-electron chi connectivity index (χ4n) is 2.56. The number of esters is 2. The van der Waals surface area contributed by atoms with Gasteiger partial charge in [0.05, 0.1) is 6.54 Å². The molecule has 0 aromatic heterocycles. The number of rotatable bonds is 16. The van der Waals surface area contributed by atoms with Gasteiger partial charge < -0.3 is 10.5 Å². The van der Waals surface area contributed by atoms with Crippen LogP contribution in [0, 0.1) is 0 Å². The predicted octanol–water partition coefficient (Wildman–Crippen LogP) is 6.24. The van der Waals surface area contributed by atoms with E-state index >= 15 is 0 Å². The molecule has 0 heterocycles. The fraction of sp³-hybridized carbons (Fsp3) is 0.739. The number of allylic oxidation sites excluding steroid dienone is 3.